The minimum absolute atomic E-state index is 0.0538. The average molecular weight is 222 g/mol. The molecule has 2 bridgehead atoms. The molecule has 3 N–H and O–H groups in total. The zero-order chi connectivity index (χ0) is 11.5. The number of rotatable bonds is 3. The van der Waals surface area contributed by atoms with Crippen molar-refractivity contribution < 1.29 is 15.3 Å². The van der Waals surface area contributed by atoms with Crippen molar-refractivity contribution in [2.45, 2.75) is 13.8 Å². The van der Waals surface area contributed by atoms with Gasteiger partial charge in [-0.05, 0) is 31.6 Å². The molecule has 0 amide bonds. The summed E-state index contributed by atoms with van der Waals surface area (Å²) < 4.78 is 0. The van der Waals surface area contributed by atoms with Crippen LogP contribution < -0.4 is 0 Å². The summed E-state index contributed by atoms with van der Waals surface area (Å²) in [6, 6.07) is 0. The van der Waals surface area contributed by atoms with E-state index in [1.807, 2.05) is 0 Å². The maximum Gasteiger partial charge on any atom is 0.0506 e. The number of aliphatic hydroxyl groups is 3. The van der Waals surface area contributed by atoms with Crippen molar-refractivity contribution in [2.24, 2.45) is 34.0 Å². The topological polar surface area (TPSA) is 60.7 Å². The Labute approximate surface area is 94.8 Å². The molecule has 5 rings (SSSR count). The van der Waals surface area contributed by atoms with E-state index in [9.17, 15) is 15.3 Å². The van der Waals surface area contributed by atoms with Gasteiger partial charge in [0.2, 0.25) is 0 Å². The van der Waals surface area contributed by atoms with Crippen molar-refractivity contribution in [1.82, 2.24) is 0 Å². The second kappa shape index (κ2) is 2.14. The standard InChI is InChI=1S/C13H18O3/c1-6(2)7-8-10-11(8,3-14)13(5-16)9(7)12(10,13)4-15/h8-10,14-16H,3-5H2,1-2H3/t8-,9+,10+,11-,12-,13+/m1/s1. The summed E-state index contributed by atoms with van der Waals surface area (Å²) in [5.41, 5.74) is 2.51. The van der Waals surface area contributed by atoms with Crippen molar-refractivity contribution in [3.8, 4) is 0 Å². The van der Waals surface area contributed by atoms with E-state index in [0.717, 1.165) is 0 Å². The van der Waals surface area contributed by atoms with Crippen molar-refractivity contribution in [2.75, 3.05) is 19.8 Å². The third-order valence-corrected chi connectivity index (χ3v) is 6.47. The molecule has 0 heterocycles. The normalized spacial score (nSPS) is 62.8. The molecule has 0 radical (unpaired) electrons. The van der Waals surface area contributed by atoms with Gasteiger partial charge in [-0.3, -0.25) is 0 Å². The maximum atomic E-state index is 9.73. The lowest BCUT2D eigenvalue weighted by atomic mass is 9.65. The van der Waals surface area contributed by atoms with Crippen molar-refractivity contribution in [1.29, 1.82) is 0 Å². The maximum absolute atomic E-state index is 9.73. The lowest BCUT2D eigenvalue weighted by Crippen LogP contribution is -2.45. The largest absolute Gasteiger partial charge is 0.396 e. The fourth-order valence-corrected chi connectivity index (χ4v) is 6.29. The molecule has 0 aromatic heterocycles. The van der Waals surface area contributed by atoms with Crippen LogP contribution in [0.15, 0.2) is 11.1 Å². The van der Waals surface area contributed by atoms with Crippen LogP contribution in [0.25, 0.3) is 0 Å². The molecule has 0 unspecified atom stereocenters. The SMILES string of the molecule is CC(C)=C1[C@@H]2[C@H]3[C@]2(CO)[C@]2(CO)[C@@H]1[C@]32CO. The molecule has 0 aromatic rings. The van der Waals surface area contributed by atoms with Gasteiger partial charge in [0.25, 0.3) is 0 Å². The van der Waals surface area contributed by atoms with Gasteiger partial charge < -0.3 is 15.3 Å². The Bertz CT molecular complexity index is 424. The summed E-state index contributed by atoms with van der Waals surface area (Å²) in [6.07, 6.45) is 0. The summed E-state index contributed by atoms with van der Waals surface area (Å²) in [5.74, 6) is 1.28. The van der Waals surface area contributed by atoms with Gasteiger partial charge in [-0.15, -0.1) is 0 Å². The summed E-state index contributed by atoms with van der Waals surface area (Å²) >= 11 is 0. The van der Waals surface area contributed by atoms with Crippen LogP contribution in [0.5, 0.6) is 0 Å². The summed E-state index contributed by atoms with van der Waals surface area (Å²) in [7, 11) is 0. The van der Waals surface area contributed by atoms with Crippen LogP contribution in [-0.2, 0) is 0 Å². The van der Waals surface area contributed by atoms with Gasteiger partial charge in [0.05, 0.1) is 19.8 Å². The number of hydrogen-bond acceptors (Lipinski definition) is 3. The van der Waals surface area contributed by atoms with Gasteiger partial charge in [-0.1, -0.05) is 11.1 Å². The first-order chi connectivity index (χ1) is 7.61. The van der Waals surface area contributed by atoms with Crippen LogP contribution >= 0.6 is 0 Å². The zero-order valence-electron chi connectivity index (χ0n) is 9.70. The number of aliphatic hydroxyl groups excluding tert-OH is 3. The molecular weight excluding hydrogens is 204 g/mol. The molecule has 3 nitrogen and oxygen atoms in total. The van der Waals surface area contributed by atoms with Gasteiger partial charge in [-0.25, -0.2) is 0 Å². The fraction of sp³-hybridized carbons (Fsp3) is 0.846. The molecule has 0 aromatic carbocycles. The van der Waals surface area contributed by atoms with Crippen LogP contribution in [0.1, 0.15) is 13.8 Å². The molecule has 0 saturated heterocycles. The van der Waals surface area contributed by atoms with E-state index < -0.39 is 0 Å². The Morgan fingerprint density at radius 2 is 1.69 bits per heavy atom. The third-order valence-electron chi connectivity index (χ3n) is 6.47. The highest BCUT2D eigenvalue weighted by molar-refractivity contribution is 5.67. The van der Waals surface area contributed by atoms with Crippen LogP contribution in [-0.4, -0.2) is 35.1 Å². The molecule has 6 atom stereocenters. The minimum Gasteiger partial charge on any atom is -0.396 e. The highest BCUT2D eigenvalue weighted by atomic mass is 16.3. The van der Waals surface area contributed by atoms with Gasteiger partial charge >= 0.3 is 0 Å². The quantitative estimate of drug-likeness (QED) is 0.596. The zero-order valence-corrected chi connectivity index (χ0v) is 9.70. The Morgan fingerprint density at radius 1 is 1.06 bits per heavy atom. The first-order valence-corrected chi connectivity index (χ1v) is 6.11. The molecule has 0 spiro atoms. The predicted octanol–water partition coefficient (Wildman–Crippen LogP) is 0.162. The lowest BCUT2D eigenvalue weighted by Gasteiger charge is -2.40. The summed E-state index contributed by atoms with van der Waals surface area (Å²) in [4.78, 5) is 0. The van der Waals surface area contributed by atoms with Gasteiger partial charge in [0, 0.05) is 16.2 Å². The Kier molecular flexibility index (Phi) is 1.29. The first-order valence-electron chi connectivity index (χ1n) is 6.11. The minimum atomic E-state index is -0.161. The van der Waals surface area contributed by atoms with E-state index in [1.54, 1.807) is 0 Å². The van der Waals surface area contributed by atoms with Crippen LogP contribution in [0.3, 0.4) is 0 Å². The summed E-state index contributed by atoms with van der Waals surface area (Å²) in [5, 5.41) is 29.1. The molecule has 5 aliphatic rings. The Hall–Kier alpha value is -0.380. The second-order valence-corrected chi connectivity index (χ2v) is 6.37. The predicted molar refractivity (Wildman–Crippen MR) is 57.4 cm³/mol. The van der Waals surface area contributed by atoms with Crippen LogP contribution in [0, 0.1) is 34.0 Å². The number of hydrogen-bond donors (Lipinski definition) is 3. The van der Waals surface area contributed by atoms with E-state index in [-0.39, 0.29) is 36.1 Å². The van der Waals surface area contributed by atoms with E-state index in [0.29, 0.717) is 17.8 Å². The van der Waals surface area contributed by atoms with E-state index in [2.05, 4.69) is 13.8 Å². The smallest absolute Gasteiger partial charge is 0.0506 e. The monoisotopic (exact) mass is 222 g/mol. The molecule has 5 fully saturated rings. The highest BCUT2D eigenvalue weighted by Gasteiger charge is 3.11. The summed E-state index contributed by atoms with van der Waals surface area (Å²) in [6.45, 7) is 4.72. The molecule has 5 saturated carbocycles. The molecule has 16 heavy (non-hydrogen) atoms. The molecule has 0 aliphatic heterocycles. The Morgan fingerprint density at radius 3 is 2.12 bits per heavy atom. The molecular formula is C13H18O3. The average Bonchev–Trinajstić information content (AvgIpc) is 2.94. The highest BCUT2D eigenvalue weighted by Crippen LogP contribution is 3.11. The van der Waals surface area contributed by atoms with Crippen molar-refractivity contribution in [3.05, 3.63) is 11.1 Å². The van der Waals surface area contributed by atoms with Gasteiger partial charge in [0.1, 0.15) is 0 Å². The van der Waals surface area contributed by atoms with Gasteiger partial charge in [-0.2, -0.15) is 0 Å². The van der Waals surface area contributed by atoms with E-state index in [4.69, 9.17) is 0 Å². The van der Waals surface area contributed by atoms with E-state index in [1.165, 1.54) is 11.1 Å². The Balaban J connectivity index is 1.92. The molecule has 3 heteroatoms. The van der Waals surface area contributed by atoms with E-state index >= 15 is 0 Å². The molecule has 5 aliphatic carbocycles. The lowest BCUT2D eigenvalue weighted by molar-refractivity contribution is -0.0497. The van der Waals surface area contributed by atoms with Gasteiger partial charge in [0.15, 0.2) is 0 Å². The molecule has 88 valence electrons. The fourth-order valence-electron chi connectivity index (χ4n) is 6.29. The first kappa shape index (κ1) is 9.63. The third kappa shape index (κ3) is 0.461. The van der Waals surface area contributed by atoms with Crippen LogP contribution in [0.2, 0.25) is 0 Å². The number of allylic oxidation sites excluding steroid dienone is 2. The van der Waals surface area contributed by atoms with Crippen LogP contribution in [0.4, 0.5) is 0 Å². The van der Waals surface area contributed by atoms with Crippen molar-refractivity contribution >= 4 is 0 Å². The van der Waals surface area contributed by atoms with Crippen molar-refractivity contribution in [3.63, 3.8) is 0 Å². The second-order valence-electron chi connectivity index (χ2n) is 6.37.